The second-order valence-electron chi connectivity index (χ2n) is 8.83. The summed E-state index contributed by atoms with van der Waals surface area (Å²) in [6.45, 7) is 7.87. The van der Waals surface area contributed by atoms with Crippen LogP contribution < -0.4 is 16.4 Å². The van der Waals surface area contributed by atoms with Crippen LogP contribution in [-0.4, -0.2) is 76.4 Å². The van der Waals surface area contributed by atoms with Gasteiger partial charge >= 0.3 is 5.97 Å². The van der Waals surface area contributed by atoms with E-state index in [0.717, 1.165) is 0 Å². The van der Waals surface area contributed by atoms with E-state index < -0.39 is 42.0 Å². The van der Waals surface area contributed by atoms with Crippen LogP contribution in [0.5, 0.6) is 0 Å². The number of amides is 3. The summed E-state index contributed by atoms with van der Waals surface area (Å²) in [6, 6.07) is -3.27. The Bertz CT molecular complexity index is 643. The fourth-order valence-electron chi connectivity index (χ4n) is 3.53. The van der Waals surface area contributed by atoms with E-state index in [1.807, 2.05) is 34.0 Å². The third kappa shape index (κ3) is 8.33. The molecule has 0 aliphatic carbocycles. The molecular formula is C21H38N4O5S. The van der Waals surface area contributed by atoms with Gasteiger partial charge in [0, 0.05) is 6.54 Å². The lowest BCUT2D eigenvalue weighted by atomic mass is 10.0. The van der Waals surface area contributed by atoms with Crippen molar-refractivity contribution in [3.05, 3.63) is 0 Å². The minimum atomic E-state index is -1.03. The molecule has 0 spiro atoms. The first-order valence-corrected chi connectivity index (χ1v) is 12.3. The Hall–Kier alpha value is -1.81. The highest BCUT2D eigenvalue weighted by Gasteiger charge is 2.38. The van der Waals surface area contributed by atoms with E-state index in [1.165, 1.54) is 4.90 Å². The average molecular weight is 459 g/mol. The third-order valence-electron chi connectivity index (χ3n) is 5.41. The van der Waals surface area contributed by atoms with Crippen LogP contribution in [0.3, 0.4) is 0 Å². The van der Waals surface area contributed by atoms with Crippen molar-refractivity contribution in [1.82, 2.24) is 15.5 Å². The van der Waals surface area contributed by atoms with Crippen LogP contribution >= 0.6 is 11.8 Å². The molecule has 4 unspecified atom stereocenters. The molecule has 0 radical (unpaired) electrons. The predicted octanol–water partition coefficient (Wildman–Crippen LogP) is 0.814. The molecule has 1 saturated heterocycles. The quantitative estimate of drug-likeness (QED) is 0.339. The number of nitrogens with zero attached hydrogens (tertiary/aromatic N) is 1. The molecule has 3 amide bonds. The summed E-state index contributed by atoms with van der Waals surface area (Å²) in [7, 11) is 0. The van der Waals surface area contributed by atoms with Crippen molar-refractivity contribution in [3.8, 4) is 0 Å². The highest BCUT2D eigenvalue weighted by molar-refractivity contribution is 7.98. The van der Waals surface area contributed by atoms with E-state index in [-0.39, 0.29) is 17.7 Å². The standard InChI is InChI=1S/C21H38N4O5S/c1-12(2)11-15(20(28)25-9-6-7-16(25)21(29)30)24-18(26)14(8-10-31-5)23-19(27)17(22)13(3)4/h12-17H,6-11,22H2,1-5H3,(H,23,27)(H,24,26)(H,29,30). The van der Waals surface area contributed by atoms with Crippen molar-refractivity contribution in [1.29, 1.82) is 0 Å². The van der Waals surface area contributed by atoms with Crippen LogP contribution in [0, 0.1) is 11.8 Å². The second-order valence-corrected chi connectivity index (χ2v) is 9.82. The smallest absolute Gasteiger partial charge is 0.326 e. The molecule has 0 aromatic rings. The minimum absolute atomic E-state index is 0.0809. The zero-order valence-electron chi connectivity index (χ0n) is 19.2. The largest absolute Gasteiger partial charge is 0.480 e. The molecule has 1 fully saturated rings. The highest BCUT2D eigenvalue weighted by atomic mass is 32.2. The normalized spacial score (nSPS) is 19.2. The van der Waals surface area contributed by atoms with Gasteiger partial charge in [-0.3, -0.25) is 14.4 Å². The first-order chi connectivity index (χ1) is 14.5. The summed E-state index contributed by atoms with van der Waals surface area (Å²) < 4.78 is 0. The Morgan fingerprint density at radius 2 is 1.71 bits per heavy atom. The Labute approximate surface area is 189 Å². The van der Waals surface area contributed by atoms with Crippen molar-refractivity contribution >= 4 is 35.5 Å². The number of hydrogen-bond donors (Lipinski definition) is 4. The molecule has 1 rings (SSSR count). The number of thioether (sulfide) groups is 1. The van der Waals surface area contributed by atoms with E-state index in [4.69, 9.17) is 5.73 Å². The van der Waals surface area contributed by atoms with Crippen LogP contribution in [0.2, 0.25) is 0 Å². The first-order valence-electron chi connectivity index (χ1n) is 10.9. The Morgan fingerprint density at radius 3 is 2.23 bits per heavy atom. The number of carboxylic acid groups (broad SMARTS) is 1. The molecule has 10 heteroatoms. The zero-order valence-corrected chi connectivity index (χ0v) is 20.0. The van der Waals surface area contributed by atoms with Crippen LogP contribution in [0.4, 0.5) is 0 Å². The van der Waals surface area contributed by atoms with Gasteiger partial charge in [-0.25, -0.2) is 4.79 Å². The van der Waals surface area contributed by atoms with Gasteiger partial charge in [-0.1, -0.05) is 27.7 Å². The molecule has 0 aromatic carbocycles. The lowest BCUT2D eigenvalue weighted by Gasteiger charge is -2.30. The molecule has 0 bridgehead atoms. The van der Waals surface area contributed by atoms with Crippen molar-refractivity contribution in [2.75, 3.05) is 18.6 Å². The average Bonchev–Trinajstić information content (AvgIpc) is 3.18. The maximum atomic E-state index is 13.1. The monoisotopic (exact) mass is 458 g/mol. The molecule has 0 aromatic heterocycles. The maximum absolute atomic E-state index is 13.1. The van der Waals surface area contributed by atoms with Gasteiger partial charge in [0.05, 0.1) is 6.04 Å². The summed E-state index contributed by atoms with van der Waals surface area (Å²) in [5, 5.41) is 14.9. The molecule has 1 aliphatic heterocycles. The lowest BCUT2D eigenvalue weighted by molar-refractivity contribution is -0.149. The van der Waals surface area contributed by atoms with E-state index in [0.29, 0.717) is 38.0 Å². The lowest BCUT2D eigenvalue weighted by Crippen LogP contribution is -2.57. The zero-order chi connectivity index (χ0) is 23.7. The van der Waals surface area contributed by atoms with Crippen molar-refractivity contribution < 1.29 is 24.3 Å². The highest BCUT2D eigenvalue weighted by Crippen LogP contribution is 2.20. The van der Waals surface area contributed by atoms with Gasteiger partial charge in [0.15, 0.2) is 0 Å². The van der Waals surface area contributed by atoms with E-state index in [1.54, 1.807) is 11.8 Å². The van der Waals surface area contributed by atoms with Gasteiger partial charge in [0.25, 0.3) is 0 Å². The Kier molecular flexibility index (Phi) is 11.3. The Balaban J connectivity index is 2.98. The summed E-state index contributed by atoms with van der Waals surface area (Å²) in [5.74, 6) is -1.62. The second kappa shape index (κ2) is 12.9. The molecule has 31 heavy (non-hydrogen) atoms. The van der Waals surface area contributed by atoms with E-state index in [9.17, 15) is 24.3 Å². The van der Waals surface area contributed by atoms with Gasteiger partial charge in [0.1, 0.15) is 18.1 Å². The van der Waals surface area contributed by atoms with Gasteiger partial charge in [0.2, 0.25) is 17.7 Å². The maximum Gasteiger partial charge on any atom is 0.326 e. The fraction of sp³-hybridized carbons (Fsp3) is 0.810. The number of nitrogens with two attached hydrogens (primary N) is 1. The Morgan fingerprint density at radius 1 is 1.10 bits per heavy atom. The third-order valence-corrected chi connectivity index (χ3v) is 6.05. The van der Waals surface area contributed by atoms with Gasteiger partial charge in [-0.2, -0.15) is 11.8 Å². The van der Waals surface area contributed by atoms with Gasteiger partial charge in [-0.05, 0) is 49.5 Å². The van der Waals surface area contributed by atoms with Crippen molar-refractivity contribution in [2.45, 2.75) is 77.5 Å². The number of nitrogens with one attached hydrogen (secondary N) is 2. The topological polar surface area (TPSA) is 142 Å². The predicted molar refractivity (Wildman–Crippen MR) is 121 cm³/mol. The van der Waals surface area contributed by atoms with Crippen LogP contribution in [-0.2, 0) is 19.2 Å². The summed E-state index contributed by atoms with van der Waals surface area (Å²) in [6.07, 6.45) is 3.70. The SMILES string of the molecule is CSCCC(NC(=O)C(N)C(C)C)C(=O)NC(CC(C)C)C(=O)N1CCCC1C(=O)O. The molecule has 1 aliphatic rings. The minimum Gasteiger partial charge on any atom is -0.480 e. The molecule has 178 valence electrons. The number of likely N-dealkylation sites (tertiary alicyclic amines) is 1. The molecule has 0 saturated carbocycles. The number of carbonyl (C=O) groups is 4. The van der Waals surface area contributed by atoms with Crippen molar-refractivity contribution in [3.63, 3.8) is 0 Å². The summed E-state index contributed by atoms with van der Waals surface area (Å²) >= 11 is 1.55. The van der Waals surface area contributed by atoms with Crippen LogP contribution in [0.15, 0.2) is 0 Å². The number of hydrogen-bond acceptors (Lipinski definition) is 6. The molecule has 4 atom stereocenters. The van der Waals surface area contributed by atoms with Crippen LogP contribution in [0.25, 0.3) is 0 Å². The van der Waals surface area contributed by atoms with E-state index >= 15 is 0 Å². The number of carbonyl (C=O) groups excluding carboxylic acids is 3. The van der Waals surface area contributed by atoms with Gasteiger partial charge in [-0.15, -0.1) is 0 Å². The molecule has 5 N–H and O–H groups in total. The number of rotatable bonds is 12. The van der Waals surface area contributed by atoms with E-state index in [2.05, 4.69) is 10.6 Å². The fourth-order valence-corrected chi connectivity index (χ4v) is 4.00. The summed E-state index contributed by atoms with van der Waals surface area (Å²) in [5.41, 5.74) is 5.91. The number of aliphatic carboxylic acids is 1. The molecular weight excluding hydrogens is 420 g/mol. The van der Waals surface area contributed by atoms with Crippen LogP contribution in [0.1, 0.15) is 53.4 Å². The first kappa shape index (κ1) is 27.2. The molecule has 1 heterocycles. The molecule has 9 nitrogen and oxygen atoms in total. The summed E-state index contributed by atoms with van der Waals surface area (Å²) in [4.78, 5) is 51.4. The van der Waals surface area contributed by atoms with Crippen molar-refractivity contribution in [2.24, 2.45) is 17.6 Å². The van der Waals surface area contributed by atoms with Gasteiger partial charge < -0.3 is 26.4 Å². The number of carboxylic acids is 1.